The SMILES string of the molecule is Cc1ccc2oc3cccc(N(c4ccc(-c5ccccc5)cc4)c4cc(-c5ccccc5)c5c(c4)C(C)(C)c4ccccc4-5)c3c2c1. The van der Waals surface area contributed by atoms with Crippen molar-refractivity contribution in [2.75, 3.05) is 4.90 Å². The van der Waals surface area contributed by atoms with E-state index in [2.05, 4.69) is 183 Å². The topological polar surface area (TPSA) is 16.4 Å². The molecule has 1 aliphatic rings. The van der Waals surface area contributed by atoms with Gasteiger partial charge in [-0.3, -0.25) is 0 Å². The number of hydrogen-bond donors (Lipinski definition) is 0. The van der Waals surface area contributed by atoms with Gasteiger partial charge in [0, 0.05) is 22.2 Å². The van der Waals surface area contributed by atoms with Gasteiger partial charge in [-0.2, -0.15) is 0 Å². The van der Waals surface area contributed by atoms with Gasteiger partial charge >= 0.3 is 0 Å². The molecular formula is C46H35NO. The van der Waals surface area contributed by atoms with Gasteiger partial charge in [-0.15, -0.1) is 0 Å². The van der Waals surface area contributed by atoms with E-state index >= 15 is 0 Å². The Bertz CT molecular complexity index is 2470. The van der Waals surface area contributed by atoms with Crippen molar-refractivity contribution in [1.29, 1.82) is 0 Å². The third-order valence-electron chi connectivity index (χ3n) is 10.1. The molecule has 0 saturated heterocycles. The molecule has 0 fully saturated rings. The van der Waals surface area contributed by atoms with Crippen LogP contribution in [0.5, 0.6) is 0 Å². The number of benzene rings is 7. The first kappa shape index (κ1) is 28.4. The smallest absolute Gasteiger partial charge is 0.137 e. The lowest BCUT2D eigenvalue weighted by molar-refractivity contribution is 0.660. The molecule has 230 valence electrons. The molecule has 0 unspecified atom stereocenters. The fourth-order valence-electron chi connectivity index (χ4n) is 7.74. The highest BCUT2D eigenvalue weighted by Crippen LogP contribution is 2.55. The van der Waals surface area contributed by atoms with E-state index in [0.717, 1.165) is 39.0 Å². The maximum atomic E-state index is 6.46. The number of rotatable bonds is 5. The zero-order chi connectivity index (χ0) is 32.4. The Morgan fingerprint density at radius 3 is 1.96 bits per heavy atom. The summed E-state index contributed by atoms with van der Waals surface area (Å²) in [5.74, 6) is 0. The van der Waals surface area contributed by atoms with Crippen LogP contribution in [0.2, 0.25) is 0 Å². The van der Waals surface area contributed by atoms with E-state index < -0.39 is 0 Å². The van der Waals surface area contributed by atoms with Crippen LogP contribution >= 0.6 is 0 Å². The fourth-order valence-corrected chi connectivity index (χ4v) is 7.74. The Kier molecular flexibility index (Phi) is 6.42. The van der Waals surface area contributed by atoms with Gasteiger partial charge in [0.25, 0.3) is 0 Å². The first-order valence-electron chi connectivity index (χ1n) is 16.7. The van der Waals surface area contributed by atoms with Crippen LogP contribution in [0.25, 0.3) is 55.3 Å². The predicted molar refractivity (Wildman–Crippen MR) is 202 cm³/mol. The van der Waals surface area contributed by atoms with Crippen molar-refractivity contribution in [3.8, 4) is 33.4 Å². The summed E-state index contributed by atoms with van der Waals surface area (Å²) in [5.41, 5.74) is 16.3. The van der Waals surface area contributed by atoms with Crippen LogP contribution in [0, 0.1) is 6.92 Å². The summed E-state index contributed by atoms with van der Waals surface area (Å²) in [7, 11) is 0. The van der Waals surface area contributed by atoms with Crippen molar-refractivity contribution in [3.05, 3.63) is 174 Å². The van der Waals surface area contributed by atoms with Gasteiger partial charge in [0.1, 0.15) is 11.2 Å². The number of furan rings is 1. The van der Waals surface area contributed by atoms with Crippen LogP contribution in [0.3, 0.4) is 0 Å². The van der Waals surface area contributed by atoms with Gasteiger partial charge in [-0.05, 0) is 100.0 Å². The minimum atomic E-state index is -0.167. The molecule has 7 aromatic carbocycles. The molecule has 48 heavy (non-hydrogen) atoms. The Morgan fingerprint density at radius 2 is 1.19 bits per heavy atom. The minimum absolute atomic E-state index is 0.167. The van der Waals surface area contributed by atoms with Crippen LogP contribution in [0.15, 0.2) is 162 Å². The normalized spacial score (nSPS) is 13.1. The summed E-state index contributed by atoms with van der Waals surface area (Å²) in [6, 6.07) is 57.1. The zero-order valence-corrected chi connectivity index (χ0v) is 27.4. The molecule has 8 aromatic rings. The lowest BCUT2D eigenvalue weighted by Crippen LogP contribution is -2.17. The molecule has 0 saturated carbocycles. The standard InChI is InChI=1S/C46H35NO/c1-30-21-26-42-38(27-30)45-41(19-12-20-43(45)48-42)47(34-24-22-32(23-25-34)31-13-6-4-7-14-31)35-28-37(33-15-8-5-9-16-33)44-36-17-10-11-18-39(36)46(2,3)40(44)29-35/h4-29H,1-3H3. The molecular weight excluding hydrogens is 583 g/mol. The van der Waals surface area contributed by atoms with Gasteiger partial charge < -0.3 is 9.32 Å². The van der Waals surface area contributed by atoms with Gasteiger partial charge in [0.2, 0.25) is 0 Å². The summed E-state index contributed by atoms with van der Waals surface area (Å²) in [6.07, 6.45) is 0. The van der Waals surface area contributed by atoms with Crippen molar-refractivity contribution in [3.63, 3.8) is 0 Å². The minimum Gasteiger partial charge on any atom is -0.456 e. The lowest BCUT2D eigenvalue weighted by atomic mass is 9.81. The molecule has 9 rings (SSSR count). The van der Waals surface area contributed by atoms with E-state index in [4.69, 9.17) is 4.42 Å². The highest BCUT2D eigenvalue weighted by Gasteiger charge is 2.38. The summed E-state index contributed by atoms with van der Waals surface area (Å²) in [6.45, 7) is 6.87. The second kappa shape index (κ2) is 10.9. The number of hydrogen-bond acceptors (Lipinski definition) is 2. The number of aryl methyl sites for hydroxylation is 1. The van der Waals surface area contributed by atoms with Gasteiger partial charge in [-0.1, -0.05) is 129 Å². The van der Waals surface area contributed by atoms with E-state index in [1.807, 2.05) is 0 Å². The van der Waals surface area contributed by atoms with E-state index in [1.165, 1.54) is 50.1 Å². The molecule has 0 amide bonds. The second-order valence-electron chi connectivity index (χ2n) is 13.5. The summed E-state index contributed by atoms with van der Waals surface area (Å²) in [4.78, 5) is 2.43. The summed E-state index contributed by atoms with van der Waals surface area (Å²) >= 11 is 0. The first-order valence-corrected chi connectivity index (χ1v) is 16.7. The van der Waals surface area contributed by atoms with Crippen molar-refractivity contribution in [1.82, 2.24) is 0 Å². The van der Waals surface area contributed by atoms with Crippen LogP contribution in [-0.4, -0.2) is 0 Å². The van der Waals surface area contributed by atoms with Crippen LogP contribution < -0.4 is 4.90 Å². The maximum absolute atomic E-state index is 6.46. The van der Waals surface area contributed by atoms with Crippen molar-refractivity contribution in [2.45, 2.75) is 26.2 Å². The van der Waals surface area contributed by atoms with Gasteiger partial charge in [-0.25, -0.2) is 0 Å². The molecule has 0 N–H and O–H groups in total. The van der Waals surface area contributed by atoms with Crippen LogP contribution in [0.4, 0.5) is 17.1 Å². The molecule has 1 aliphatic carbocycles. The molecule has 0 atom stereocenters. The first-order chi connectivity index (χ1) is 23.5. The largest absolute Gasteiger partial charge is 0.456 e. The summed E-state index contributed by atoms with van der Waals surface area (Å²) < 4.78 is 6.46. The van der Waals surface area contributed by atoms with Gasteiger partial charge in [0.05, 0.1) is 11.1 Å². The molecule has 0 aliphatic heterocycles. The predicted octanol–water partition coefficient (Wildman–Crippen LogP) is 13.0. The third-order valence-corrected chi connectivity index (χ3v) is 10.1. The lowest BCUT2D eigenvalue weighted by Gasteiger charge is -2.30. The molecule has 2 nitrogen and oxygen atoms in total. The summed E-state index contributed by atoms with van der Waals surface area (Å²) in [5, 5.41) is 2.25. The van der Waals surface area contributed by atoms with Crippen molar-refractivity contribution >= 4 is 39.0 Å². The average Bonchev–Trinajstić information content (AvgIpc) is 3.61. The third kappa shape index (κ3) is 4.41. The quantitative estimate of drug-likeness (QED) is 0.191. The van der Waals surface area contributed by atoms with Gasteiger partial charge in [0.15, 0.2) is 0 Å². The average molecular weight is 618 g/mol. The van der Waals surface area contributed by atoms with Crippen molar-refractivity contribution in [2.24, 2.45) is 0 Å². The molecule has 0 bridgehead atoms. The molecule has 2 heteroatoms. The molecule has 0 radical (unpaired) electrons. The van der Waals surface area contributed by atoms with Crippen LogP contribution in [0.1, 0.15) is 30.5 Å². The Hall–Kier alpha value is -5.86. The maximum Gasteiger partial charge on any atom is 0.137 e. The molecule has 1 aromatic heterocycles. The zero-order valence-electron chi connectivity index (χ0n) is 27.4. The Labute approximate surface area is 281 Å². The number of anilines is 3. The number of fused-ring (bicyclic) bond motifs is 6. The van der Waals surface area contributed by atoms with E-state index in [9.17, 15) is 0 Å². The highest BCUT2D eigenvalue weighted by atomic mass is 16.3. The van der Waals surface area contributed by atoms with Crippen molar-refractivity contribution < 1.29 is 4.42 Å². The second-order valence-corrected chi connectivity index (χ2v) is 13.5. The fraction of sp³-hybridized carbons (Fsp3) is 0.0870. The highest BCUT2D eigenvalue weighted by molar-refractivity contribution is 6.13. The molecule has 1 heterocycles. The van der Waals surface area contributed by atoms with E-state index in [-0.39, 0.29) is 5.41 Å². The van der Waals surface area contributed by atoms with E-state index in [0.29, 0.717) is 0 Å². The Balaban J connectivity index is 1.35. The monoisotopic (exact) mass is 617 g/mol. The Morgan fingerprint density at radius 1 is 0.500 bits per heavy atom. The number of nitrogens with zero attached hydrogens (tertiary/aromatic N) is 1. The molecule has 0 spiro atoms. The van der Waals surface area contributed by atoms with Crippen LogP contribution in [-0.2, 0) is 5.41 Å². The van der Waals surface area contributed by atoms with E-state index in [1.54, 1.807) is 0 Å².